The van der Waals surface area contributed by atoms with Crippen molar-refractivity contribution in [1.29, 1.82) is 0 Å². The molecule has 2 atom stereocenters. The highest BCUT2D eigenvalue weighted by Crippen LogP contribution is 2.32. The minimum absolute atomic E-state index is 0.0180. The van der Waals surface area contributed by atoms with E-state index in [1.165, 1.54) is 0 Å². The van der Waals surface area contributed by atoms with Crippen LogP contribution in [-0.4, -0.2) is 65.5 Å². The van der Waals surface area contributed by atoms with E-state index >= 15 is 0 Å². The normalized spacial score (nSPS) is 22.4. The molecular formula is C18H26N2O6S. The van der Waals surface area contributed by atoms with Gasteiger partial charge in [-0.25, -0.2) is 13.2 Å². The molecule has 0 aromatic carbocycles. The number of aryl methyl sites for hydroxylation is 1. The summed E-state index contributed by atoms with van der Waals surface area (Å²) < 4.78 is 28.7. The highest BCUT2D eigenvalue weighted by Gasteiger charge is 2.42. The second-order valence-corrected chi connectivity index (χ2v) is 9.73. The number of aromatic amines is 1. The van der Waals surface area contributed by atoms with Gasteiger partial charge in [0.2, 0.25) is 0 Å². The van der Waals surface area contributed by atoms with Crippen LogP contribution in [0.15, 0.2) is 0 Å². The van der Waals surface area contributed by atoms with E-state index in [1.807, 2.05) is 0 Å². The minimum atomic E-state index is -3.10. The summed E-state index contributed by atoms with van der Waals surface area (Å²) >= 11 is 0. The second kappa shape index (κ2) is 7.27. The Morgan fingerprint density at radius 3 is 2.41 bits per heavy atom. The van der Waals surface area contributed by atoms with E-state index in [0.717, 1.165) is 12.8 Å². The summed E-state index contributed by atoms with van der Waals surface area (Å²) in [7, 11) is -3.10. The van der Waals surface area contributed by atoms with Crippen molar-refractivity contribution >= 4 is 21.7 Å². The molecule has 2 heterocycles. The molecule has 0 unspecified atom stereocenters. The minimum Gasteiger partial charge on any atom is -0.451 e. The first-order valence-corrected chi connectivity index (χ1v) is 11.0. The van der Waals surface area contributed by atoms with Crippen LogP contribution in [-0.2, 0) is 19.4 Å². The fraction of sp³-hybridized carbons (Fsp3) is 0.667. The van der Waals surface area contributed by atoms with Crippen LogP contribution in [0.3, 0.4) is 0 Å². The van der Waals surface area contributed by atoms with Crippen LogP contribution in [0.2, 0.25) is 0 Å². The highest BCUT2D eigenvalue weighted by molar-refractivity contribution is 7.91. The van der Waals surface area contributed by atoms with Gasteiger partial charge in [-0.3, -0.25) is 4.79 Å². The topological polar surface area (TPSA) is 117 Å². The molecule has 1 aromatic rings. The van der Waals surface area contributed by atoms with Crippen molar-refractivity contribution in [1.82, 2.24) is 9.88 Å². The molecule has 1 aliphatic heterocycles. The van der Waals surface area contributed by atoms with E-state index < -0.39 is 28.5 Å². The molecule has 2 aliphatic rings. The van der Waals surface area contributed by atoms with Gasteiger partial charge in [0, 0.05) is 23.3 Å². The predicted molar refractivity (Wildman–Crippen MR) is 98.1 cm³/mol. The second-order valence-electron chi connectivity index (χ2n) is 7.50. The number of nitrogens with zero attached hydrogens (tertiary/aromatic N) is 1. The number of aromatic nitrogens is 1. The van der Waals surface area contributed by atoms with E-state index in [1.54, 1.807) is 25.7 Å². The number of aliphatic hydroxyl groups is 1. The van der Waals surface area contributed by atoms with Gasteiger partial charge in [-0.2, -0.15) is 0 Å². The van der Waals surface area contributed by atoms with Gasteiger partial charge in [-0.05, 0) is 45.6 Å². The van der Waals surface area contributed by atoms with Crippen LogP contribution in [0.5, 0.6) is 0 Å². The third kappa shape index (κ3) is 4.19. The Morgan fingerprint density at radius 1 is 1.26 bits per heavy atom. The van der Waals surface area contributed by atoms with Crippen LogP contribution >= 0.6 is 0 Å². The van der Waals surface area contributed by atoms with Gasteiger partial charge < -0.3 is 19.7 Å². The van der Waals surface area contributed by atoms with Gasteiger partial charge in [0.1, 0.15) is 5.69 Å². The number of carbonyl (C=O) groups excluding carboxylic acids is 2. The lowest BCUT2D eigenvalue weighted by Crippen LogP contribution is -2.44. The van der Waals surface area contributed by atoms with E-state index in [2.05, 4.69) is 4.98 Å². The van der Waals surface area contributed by atoms with Crippen LogP contribution in [0.1, 0.15) is 59.6 Å². The largest absolute Gasteiger partial charge is 0.451 e. The summed E-state index contributed by atoms with van der Waals surface area (Å²) in [6, 6.07) is -0.282. The maximum Gasteiger partial charge on any atom is 0.355 e. The maximum atomic E-state index is 12.6. The van der Waals surface area contributed by atoms with Crippen LogP contribution in [0, 0.1) is 13.8 Å². The average molecular weight is 398 g/mol. The molecule has 0 spiro atoms. The zero-order valence-corrected chi connectivity index (χ0v) is 16.6. The Morgan fingerprint density at radius 2 is 1.93 bits per heavy atom. The fourth-order valence-corrected chi connectivity index (χ4v) is 5.63. The van der Waals surface area contributed by atoms with Gasteiger partial charge in [0.15, 0.2) is 16.4 Å². The molecule has 1 aliphatic carbocycles. The molecular weight excluding hydrogens is 372 g/mol. The summed E-state index contributed by atoms with van der Waals surface area (Å²) in [6.45, 7) is 4.66. The van der Waals surface area contributed by atoms with Crippen molar-refractivity contribution in [2.75, 3.05) is 18.1 Å². The van der Waals surface area contributed by atoms with Crippen molar-refractivity contribution in [2.45, 2.75) is 58.2 Å². The van der Waals surface area contributed by atoms with Gasteiger partial charge in [0.05, 0.1) is 17.6 Å². The number of hydrogen-bond donors (Lipinski definition) is 2. The Labute approximate surface area is 158 Å². The van der Waals surface area contributed by atoms with Crippen molar-refractivity contribution in [2.24, 2.45) is 0 Å². The van der Waals surface area contributed by atoms with Crippen molar-refractivity contribution in [3.63, 3.8) is 0 Å². The monoisotopic (exact) mass is 398 g/mol. The van der Waals surface area contributed by atoms with E-state index in [9.17, 15) is 23.1 Å². The van der Waals surface area contributed by atoms with Crippen LogP contribution in [0.25, 0.3) is 0 Å². The Kier molecular flexibility index (Phi) is 5.36. The van der Waals surface area contributed by atoms with Crippen molar-refractivity contribution in [3.05, 3.63) is 22.5 Å². The summed E-state index contributed by atoms with van der Waals surface area (Å²) in [4.78, 5) is 29.5. The standard InChI is InChI=1S/C18H26N2O6S/c1-10-16(12(3)21)11(2)19-17(10)18(23)26-8-15(22)20(13-4-5-13)14-6-7-27(24,25)9-14/h12-14,19,21H,4-9H2,1-3H3/t12-,14+/m0/s1. The molecule has 0 radical (unpaired) electrons. The van der Waals surface area contributed by atoms with Crippen molar-refractivity contribution in [3.8, 4) is 0 Å². The number of amides is 1. The predicted octanol–water partition coefficient (Wildman–Crippen LogP) is 1.02. The highest BCUT2D eigenvalue weighted by atomic mass is 32.2. The number of H-pyrrole nitrogens is 1. The number of aliphatic hydroxyl groups excluding tert-OH is 1. The molecule has 2 fully saturated rings. The SMILES string of the molecule is Cc1[nH]c(C(=O)OCC(=O)N(C2CC2)[C@@H]2CCS(=O)(=O)C2)c(C)c1[C@H](C)O. The van der Waals surface area contributed by atoms with Gasteiger partial charge >= 0.3 is 5.97 Å². The average Bonchev–Trinajstić information content (AvgIpc) is 3.26. The first kappa shape index (κ1) is 19.9. The summed E-state index contributed by atoms with van der Waals surface area (Å²) in [5, 5.41) is 9.82. The van der Waals surface area contributed by atoms with Gasteiger partial charge in [0.25, 0.3) is 5.91 Å². The zero-order valence-electron chi connectivity index (χ0n) is 15.8. The van der Waals surface area contributed by atoms with Crippen LogP contribution < -0.4 is 0 Å². The van der Waals surface area contributed by atoms with Crippen LogP contribution in [0.4, 0.5) is 0 Å². The molecule has 27 heavy (non-hydrogen) atoms. The molecule has 3 rings (SSSR count). The number of rotatable bonds is 6. The number of esters is 1. The quantitative estimate of drug-likeness (QED) is 0.691. The summed E-state index contributed by atoms with van der Waals surface area (Å²) in [5.74, 6) is -0.942. The molecule has 1 saturated heterocycles. The molecule has 9 heteroatoms. The van der Waals surface area contributed by atoms with E-state index in [4.69, 9.17) is 4.74 Å². The summed E-state index contributed by atoms with van der Waals surface area (Å²) in [5.41, 5.74) is 2.14. The lowest BCUT2D eigenvalue weighted by molar-refractivity contribution is -0.137. The Bertz CT molecular complexity index is 853. The molecule has 150 valence electrons. The first-order chi connectivity index (χ1) is 12.6. The fourth-order valence-electron chi connectivity index (χ4n) is 3.92. The molecule has 1 aromatic heterocycles. The van der Waals surface area contributed by atoms with E-state index in [0.29, 0.717) is 23.2 Å². The maximum absolute atomic E-state index is 12.6. The summed E-state index contributed by atoms with van der Waals surface area (Å²) in [6.07, 6.45) is 1.41. The number of sulfone groups is 1. The number of nitrogens with one attached hydrogen (secondary N) is 1. The molecule has 2 N–H and O–H groups in total. The molecule has 1 saturated carbocycles. The number of hydrogen-bond acceptors (Lipinski definition) is 6. The van der Waals surface area contributed by atoms with Gasteiger partial charge in [-0.15, -0.1) is 0 Å². The number of ether oxygens (including phenoxy) is 1. The van der Waals surface area contributed by atoms with E-state index in [-0.39, 0.29) is 35.2 Å². The molecule has 1 amide bonds. The van der Waals surface area contributed by atoms with Gasteiger partial charge in [-0.1, -0.05) is 0 Å². The Hall–Kier alpha value is -1.87. The van der Waals surface area contributed by atoms with Crippen molar-refractivity contribution < 1.29 is 27.9 Å². The third-order valence-electron chi connectivity index (χ3n) is 5.27. The smallest absolute Gasteiger partial charge is 0.355 e. The first-order valence-electron chi connectivity index (χ1n) is 9.16. The molecule has 8 nitrogen and oxygen atoms in total. The zero-order chi connectivity index (χ0) is 19.9. The lowest BCUT2D eigenvalue weighted by atomic mass is 10.1. The molecule has 0 bridgehead atoms. The number of carbonyl (C=O) groups is 2. The lowest BCUT2D eigenvalue weighted by Gasteiger charge is -2.28. The third-order valence-corrected chi connectivity index (χ3v) is 7.02. The Balaban J connectivity index is 1.66.